The summed E-state index contributed by atoms with van der Waals surface area (Å²) < 4.78 is 4.81. The molecule has 2 atom stereocenters. The van der Waals surface area contributed by atoms with Gasteiger partial charge in [0, 0.05) is 12.8 Å². The van der Waals surface area contributed by atoms with Crippen molar-refractivity contribution in [3.05, 3.63) is 0 Å². The molecule has 17 heavy (non-hydrogen) atoms. The van der Waals surface area contributed by atoms with Gasteiger partial charge in [0.2, 0.25) is 11.8 Å². The largest absolute Gasteiger partial charge is 0.466 e. The van der Waals surface area contributed by atoms with Crippen molar-refractivity contribution in [2.45, 2.75) is 13.3 Å². The number of hydrogen-bond donors (Lipinski definition) is 0. The van der Waals surface area contributed by atoms with Crippen molar-refractivity contribution >= 4 is 23.5 Å². The Kier molecular flexibility index (Phi) is 2.95. The SMILES string of the molecule is CCOC(=O)CC1=NCC2C(=O)N(C)C(=O)C12. The number of likely N-dealkylation sites (tertiary alicyclic amines) is 1. The minimum Gasteiger partial charge on any atom is -0.466 e. The fraction of sp³-hybridized carbons (Fsp3) is 0.636. The summed E-state index contributed by atoms with van der Waals surface area (Å²) in [6.07, 6.45) is 0.00185. The van der Waals surface area contributed by atoms with Crippen LogP contribution >= 0.6 is 0 Å². The van der Waals surface area contributed by atoms with E-state index in [0.717, 1.165) is 4.90 Å². The Balaban J connectivity index is 2.10. The minimum absolute atomic E-state index is 0.00185. The van der Waals surface area contributed by atoms with E-state index in [2.05, 4.69) is 4.99 Å². The normalized spacial score (nSPS) is 27.2. The minimum atomic E-state index is -0.545. The second-order valence-electron chi connectivity index (χ2n) is 4.13. The summed E-state index contributed by atoms with van der Waals surface area (Å²) in [4.78, 5) is 40.1. The van der Waals surface area contributed by atoms with Crippen LogP contribution in [0.25, 0.3) is 0 Å². The summed E-state index contributed by atoms with van der Waals surface area (Å²) in [7, 11) is 1.46. The molecule has 0 radical (unpaired) electrons. The van der Waals surface area contributed by atoms with Crippen LogP contribution in [0.4, 0.5) is 0 Å². The Hall–Kier alpha value is -1.72. The number of fused-ring (bicyclic) bond motifs is 1. The van der Waals surface area contributed by atoms with Gasteiger partial charge in [-0.1, -0.05) is 0 Å². The molecule has 0 aromatic heterocycles. The molecule has 2 rings (SSSR count). The van der Waals surface area contributed by atoms with Crippen LogP contribution in [0.3, 0.4) is 0 Å². The van der Waals surface area contributed by atoms with E-state index in [-0.39, 0.29) is 18.2 Å². The van der Waals surface area contributed by atoms with Gasteiger partial charge in [0.1, 0.15) is 0 Å². The molecule has 0 bridgehead atoms. The fourth-order valence-corrected chi connectivity index (χ4v) is 2.28. The van der Waals surface area contributed by atoms with Gasteiger partial charge in [-0.3, -0.25) is 24.3 Å². The number of carbonyl (C=O) groups excluding carboxylic acids is 3. The molecule has 1 saturated heterocycles. The van der Waals surface area contributed by atoms with Crippen LogP contribution in [-0.2, 0) is 19.1 Å². The first-order chi connectivity index (χ1) is 8.06. The van der Waals surface area contributed by atoms with Crippen molar-refractivity contribution in [2.75, 3.05) is 20.2 Å². The maximum absolute atomic E-state index is 11.8. The molecule has 0 aromatic rings. The number of imide groups is 1. The maximum Gasteiger partial charge on any atom is 0.311 e. The lowest BCUT2D eigenvalue weighted by Gasteiger charge is -2.09. The Bertz CT molecular complexity index is 416. The highest BCUT2D eigenvalue weighted by Crippen LogP contribution is 2.32. The van der Waals surface area contributed by atoms with E-state index in [1.54, 1.807) is 6.92 Å². The zero-order valence-corrected chi connectivity index (χ0v) is 9.80. The topological polar surface area (TPSA) is 76.0 Å². The predicted octanol–water partition coefficient (Wildman–Crippen LogP) is -0.375. The Labute approximate surface area is 98.6 Å². The van der Waals surface area contributed by atoms with Crippen molar-refractivity contribution in [2.24, 2.45) is 16.8 Å². The number of nitrogens with zero attached hydrogens (tertiary/aromatic N) is 2. The summed E-state index contributed by atoms with van der Waals surface area (Å²) in [5, 5.41) is 0. The molecule has 0 aromatic carbocycles. The van der Waals surface area contributed by atoms with E-state index in [9.17, 15) is 14.4 Å². The molecule has 1 fully saturated rings. The van der Waals surface area contributed by atoms with Crippen LogP contribution in [0.2, 0.25) is 0 Å². The van der Waals surface area contributed by atoms with Crippen LogP contribution in [0.1, 0.15) is 13.3 Å². The zero-order valence-electron chi connectivity index (χ0n) is 9.80. The molecule has 2 heterocycles. The summed E-state index contributed by atoms with van der Waals surface area (Å²) >= 11 is 0. The Morgan fingerprint density at radius 2 is 2.18 bits per heavy atom. The monoisotopic (exact) mass is 238 g/mol. The van der Waals surface area contributed by atoms with E-state index >= 15 is 0 Å². The summed E-state index contributed by atoms with van der Waals surface area (Å²) in [6, 6.07) is 0. The number of hydrogen-bond acceptors (Lipinski definition) is 5. The molecule has 6 nitrogen and oxygen atoms in total. The third kappa shape index (κ3) is 1.83. The maximum atomic E-state index is 11.8. The number of amides is 2. The third-order valence-corrected chi connectivity index (χ3v) is 3.13. The molecule has 0 saturated carbocycles. The van der Waals surface area contributed by atoms with Crippen molar-refractivity contribution in [3.8, 4) is 0 Å². The second-order valence-corrected chi connectivity index (χ2v) is 4.13. The first-order valence-corrected chi connectivity index (χ1v) is 5.56. The quantitative estimate of drug-likeness (QED) is 0.496. The average molecular weight is 238 g/mol. The van der Waals surface area contributed by atoms with Gasteiger partial charge < -0.3 is 4.74 Å². The molecular formula is C11H14N2O4. The highest BCUT2D eigenvalue weighted by Gasteiger charge is 2.51. The van der Waals surface area contributed by atoms with E-state index in [1.165, 1.54) is 7.05 Å². The number of rotatable bonds is 3. The lowest BCUT2D eigenvalue weighted by Crippen LogP contribution is -2.29. The molecular weight excluding hydrogens is 224 g/mol. The zero-order chi connectivity index (χ0) is 12.6. The molecule has 2 amide bonds. The van der Waals surface area contributed by atoms with Crippen LogP contribution in [-0.4, -0.2) is 48.6 Å². The van der Waals surface area contributed by atoms with E-state index in [0.29, 0.717) is 18.9 Å². The number of ether oxygens (including phenoxy) is 1. The van der Waals surface area contributed by atoms with Crippen LogP contribution in [0.15, 0.2) is 4.99 Å². The molecule has 6 heteroatoms. The van der Waals surface area contributed by atoms with Gasteiger partial charge in [-0.25, -0.2) is 0 Å². The van der Waals surface area contributed by atoms with Gasteiger partial charge in [0.05, 0.1) is 31.4 Å². The van der Waals surface area contributed by atoms with Crippen LogP contribution in [0, 0.1) is 11.8 Å². The van der Waals surface area contributed by atoms with E-state index < -0.39 is 17.8 Å². The fourth-order valence-electron chi connectivity index (χ4n) is 2.28. The molecule has 2 aliphatic heterocycles. The number of esters is 1. The lowest BCUT2D eigenvalue weighted by atomic mass is 9.92. The van der Waals surface area contributed by atoms with Crippen molar-refractivity contribution in [1.29, 1.82) is 0 Å². The molecule has 92 valence electrons. The van der Waals surface area contributed by atoms with Gasteiger partial charge in [-0.05, 0) is 6.92 Å². The highest BCUT2D eigenvalue weighted by atomic mass is 16.5. The van der Waals surface area contributed by atoms with E-state index in [4.69, 9.17) is 4.74 Å². The summed E-state index contributed by atoms with van der Waals surface area (Å²) in [6.45, 7) is 2.32. The lowest BCUT2D eigenvalue weighted by molar-refractivity contribution is -0.141. The molecule has 2 aliphatic rings. The van der Waals surface area contributed by atoms with Crippen molar-refractivity contribution in [1.82, 2.24) is 4.90 Å². The molecule has 0 aliphatic carbocycles. The second kappa shape index (κ2) is 4.27. The van der Waals surface area contributed by atoms with Gasteiger partial charge in [0.15, 0.2) is 0 Å². The standard InChI is InChI=1S/C11H14N2O4/c1-3-17-8(14)4-7-9-6(5-12-7)10(15)13(2)11(9)16/h6,9H,3-5H2,1-2H3. The predicted molar refractivity (Wildman–Crippen MR) is 58.3 cm³/mol. The van der Waals surface area contributed by atoms with E-state index in [1.807, 2.05) is 0 Å². The molecule has 0 N–H and O–H groups in total. The van der Waals surface area contributed by atoms with Crippen molar-refractivity contribution < 1.29 is 19.1 Å². The van der Waals surface area contributed by atoms with Gasteiger partial charge in [-0.2, -0.15) is 0 Å². The Morgan fingerprint density at radius 3 is 2.82 bits per heavy atom. The average Bonchev–Trinajstić information content (AvgIpc) is 2.77. The van der Waals surface area contributed by atoms with Crippen molar-refractivity contribution in [3.63, 3.8) is 0 Å². The molecule has 2 unspecified atom stereocenters. The smallest absolute Gasteiger partial charge is 0.311 e. The summed E-state index contributed by atoms with van der Waals surface area (Å²) in [5.41, 5.74) is 0.483. The van der Waals surface area contributed by atoms with Gasteiger partial charge in [0.25, 0.3) is 0 Å². The third-order valence-electron chi connectivity index (χ3n) is 3.13. The Morgan fingerprint density at radius 1 is 1.47 bits per heavy atom. The number of aliphatic imine (C=N–C) groups is 1. The molecule has 0 spiro atoms. The van der Waals surface area contributed by atoms with Crippen LogP contribution < -0.4 is 0 Å². The van der Waals surface area contributed by atoms with Crippen LogP contribution in [0.5, 0.6) is 0 Å². The number of carbonyl (C=O) groups is 3. The van der Waals surface area contributed by atoms with Gasteiger partial charge in [-0.15, -0.1) is 0 Å². The first kappa shape index (κ1) is 11.8. The highest BCUT2D eigenvalue weighted by molar-refractivity contribution is 6.20. The van der Waals surface area contributed by atoms with Gasteiger partial charge >= 0.3 is 5.97 Å². The first-order valence-electron chi connectivity index (χ1n) is 5.56. The summed E-state index contributed by atoms with van der Waals surface area (Å²) in [5.74, 6) is -1.82.